The van der Waals surface area contributed by atoms with Gasteiger partial charge in [-0.15, -0.1) is 0 Å². The molecule has 6 nitrogen and oxygen atoms in total. The quantitative estimate of drug-likeness (QED) is 0.863. The molecule has 1 amide bonds. The third kappa shape index (κ3) is 4.12. The molecule has 2 unspecified atom stereocenters. The molecule has 0 aromatic rings. The summed E-state index contributed by atoms with van der Waals surface area (Å²) in [7, 11) is 1.58. The lowest BCUT2D eigenvalue weighted by molar-refractivity contribution is -0.159. The van der Waals surface area contributed by atoms with Gasteiger partial charge in [-0.05, 0) is 53.9 Å². The van der Waals surface area contributed by atoms with Gasteiger partial charge in [0.2, 0.25) is 0 Å². The van der Waals surface area contributed by atoms with E-state index in [1.165, 1.54) is 4.90 Å². The zero-order valence-electron chi connectivity index (χ0n) is 14.5. The van der Waals surface area contributed by atoms with Crippen molar-refractivity contribution in [3.05, 3.63) is 0 Å². The fraction of sp³-hybridized carbons (Fsp3) is 0.875. The second kappa shape index (κ2) is 6.86. The summed E-state index contributed by atoms with van der Waals surface area (Å²) in [6, 6.07) is -0.276. The number of nitrogens with zero attached hydrogens (tertiary/aromatic N) is 1. The topological polar surface area (TPSA) is 76.1 Å². The second-order valence-corrected chi connectivity index (χ2v) is 7.23. The van der Waals surface area contributed by atoms with E-state index in [2.05, 4.69) is 0 Å². The monoisotopic (exact) mass is 315 g/mol. The van der Waals surface area contributed by atoms with E-state index < -0.39 is 23.2 Å². The van der Waals surface area contributed by atoms with Crippen LogP contribution in [-0.4, -0.2) is 52.5 Å². The number of carbonyl (C=O) groups is 2. The van der Waals surface area contributed by atoms with Crippen LogP contribution in [0.2, 0.25) is 0 Å². The van der Waals surface area contributed by atoms with Crippen LogP contribution in [-0.2, 0) is 14.3 Å². The van der Waals surface area contributed by atoms with Gasteiger partial charge in [0, 0.05) is 19.6 Å². The van der Waals surface area contributed by atoms with Crippen molar-refractivity contribution >= 4 is 12.1 Å². The van der Waals surface area contributed by atoms with E-state index >= 15 is 0 Å². The summed E-state index contributed by atoms with van der Waals surface area (Å²) in [5.74, 6) is -0.992. The van der Waals surface area contributed by atoms with Gasteiger partial charge in [0.1, 0.15) is 11.1 Å². The van der Waals surface area contributed by atoms with Crippen LogP contribution in [0.3, 0.4) is 0 Å². The predicted octanol–water partition coefficient (Wildman–Crippen LogP) is 3.04. The van der Waals surface area contributed by atoms with Crippen LogP contribution in [0.5, 0.6) is 0 Å². The van der Waals surface area contributed by atoms with Crippen molar-refractivity contribution < 1.29 is 24.2 Å². The minimum atomic E-state index is -1.27. The van der Waals surface area contributed by atoms with E-state index in [9.17, 15) is 14.7 Å². The van der Waals surface area contributed by atoms with Gasteiger partial charge in [-0.25, -0.2) is 9.59 Å². The Morgan fingerprint density at radius 3 is 2.32 bits per heavy atom. The summed E-state index contributed by atoms with van der Waals surface area (Å²) in [6.07, 6.45) is 1.48. The summed E-state index contributed by atoms with van der Waals surface area (Å²) in [4.78, 5) is 26.0. The van der Waals surface area contributed by atoms with Crippen molar-refractivity contribution in [1.82, 2.24) is 4.90 Å². The number of amides is 1. The predicted molar refractivity (Wildman–Crippen MR) is 82.8 cm³/mol. The van der Waals surface area contributed by atoms with Crippen LogP contribution < -0.4 is 0 Å². The van der Waals surface area contributed by atoms with E-state index in [1.807, 2.05) is 13.8 Å². The number of aliphatic carboxylic acids is 1. The van der Waals surface area contributed by atoms with Crippen molar-refractivity contribution in [1.29, 1.82) is 0 Å². The van der Waals surface area contributed by atoms with Crippen molar-refractivity contribution in [3.63, 3.8) is 0 Å². The van der Waals surface area contributed by atoms with Gasteiger partial charge in [-0.1, -0.05) is 0 Å². The van der Waals surface area contributed by atoms with Crippen LogP contribution in [0.25, 0.3) is 0 Å². The van der Waals surface area contributed by atoms with Gasteiger partial charge in [0.05, 0.1) is 6.10 Å². The molecule has 22 heavy (non-hydrogen) atoms. The van der Waals surface area contributed by atoms with Crippen molar-refractivity contribution in [3.8, 4) is 0 Å². The smallest absolute Gasteiger partial charge is 0.411 e. The number of hydrogen-bond donors (Lipinski definition) is 1. The number of rotatable bonds is 4. The molecule has 128 valence electrons. The summed E-state index contributed by atoms with van der Waals surface area (Å²) < 4.78 is 10.8. The molecule has 6 heteroatoms. The van der Waals surface area contributed by atoms with Crippen LogP contribution in [0.15, 0.2) is 0 Å². The minimum absolute atomic E-state index is 0.159. The van der Waals surface area contributed by atoms with Crippen LogP contribution >= 0.6 is 0 Å². The normalized spacial score (nSPS) is 25.9. The Morgan fingerprint density at radius 2 is 1.91 bits per heavy atom. The zero-order valence-corrected chi connectivity index (χ0v) is 14.5. The molecule has 1 N–H and O–H groups in total. The molecule has 0 saturated heterocycles. The lowest BCUT2D eigenvalue weighted by Crippen LogP contribution is -2.63. The largest absolute Gasteiger partial charge is 0.479 e. The highest BCUT2D eigenvalue weighted by Gasteiger charge is 2.52. The Labute approximate surface area is 132 Å². The molecule has 0 aromatic carbocycles. The second-order valence-electron chi connectivity index (χ2n) is 7.23. The molecule has 1 saturated carbocycles. The standard InChI is InChI=1S/C16H29NO5/c1-11(2)17(14(20)22-15(3,4)5)16(13(18)19)9-7-8-12(10-16)21-6/h11-12H,7-10H2,1-6H3,(H,18,19). The molecule has 1 rings (SSSR count). The Balaban J connectivity index is 3.17. The van der Waals surface area contributed by atoms with E-state index in [0.717, 1.165) is 6.42 Å². The Bertz CT molecular complexity index is 415. The average molecular weight is 315 g/mol. The van der Waals surface area contributed by atoms with E-state index in [-0.39, 0.29) is 18.6 Å². The van der Waals surface area contributed by atoms with Crippen molar-refractivity contribution in [2.75, 3.05) is 7.11 Å². The van der Waals surface area contributed by atoms with Gasteiger partial charge < -0.3 is 14.6 Å². The number of hydrogen-bond acceptors (Lipinski definition) is 4. The van der Waals surface area contributed by atoms with Gasteiger partial charge in [0.15, 0.2) is 0 Å². The van der Waals surface area contributed by atoms with Gasteiger partial charge in [0.25, 0.3) is 0 Å². The van der Waals surface area contributed by atoms with Gasteiger partial charge >= 0.3 is 12.1 Å². The fourth-order valence-corrected chi connectivity index (χ4v) is 3.11. The summed E-state index contributed by atoms with van der Waals surface area (Å²) >= 11 is 0. The Kier molecular flexibility index (Phi) is 5.84. The lowest BCUT2D eigenvalue weighted by Gasteiger charge is -2.46. The van der Waals surface area contributed by atoms with E-state index in [1.54, 1.807) is 27.9 Å². The molecule has 0 radical (unpaired) electrons. The molecule has 2 atom stereocenters. The first kappa shape index (κ1) is 18.7. The van der Waals surface area contributed by atoms with Crippen LogP contribution in [0.4, 0.5) is 4.79 Å². The summed E-state index contributed by atoms with van der Waals surface area (Å²) in [5.41, 5.74) is -1.94. The van der Waals surface area contributed by atoms with Gasteiger partial charge in [-0.3, -0.25) is 4.90 Å². The highest BCUT2D eigenvalue weighted by molar-refractivity contribution is 5.85. The molecule has 1 fully saturated rings. The molecular weight excluding hydrogens is 286 g/mol. The maximum atomic E-state index is 12.6. The fourth-order valence-electron chi connectivity index (χ4n) is 3.11. The van der Waals surface area contributed by atoms with E-state index in [0.29, 0.717) is 12.8 Å². The molecule has 0 bridgehead atoms. The molecule has 0 aromatic heterocycles. The first-order chi connectivity index (χ1) is 10.0. The SMILES string of the molecule is COC1CCCC(C(=O)O)(N(C(=O)OC(C)(C)C)C(C)C)C1. The molecule has 0 heterocycles. The van der Waals surface area contributed by atoms with E-state index in [4.69, 9.17) is 9.47 Å². The number of methoxy groups -OCH3 is 1. The number of carboxylic acids is 1. The molecule has 0 spiro atoms. The summed E-state index contributed by atoms with van der Waals surface area (Å²) in [6.45, 7) is 8.94. The zero-order chi connectivity index (χ0) is 17.1. The lowest BCUT2D eigenvalue weighted by atomic mass is 9.78. The first-order valence-electron chi connectivity index (χ1n) is 7.82. The van der Waals surface area contributed by atoms with Gasteiger partial charge in [-0.2, -0.15) is 0 Å². The third-order valence-electron chi connectivity index (χ3n) is 3.98. The van der Waals surface area contributed by atoms with Crippen LogP contribution in [0, 0.1) is 0 Å². The Hall–Kier alpha value is -1.30. The van der Waals surface area contributed by atoms with Crippen molar-refractivity contribution in [2.24, 2.45) is 0 Å². The molecular formula is C16H29NO5. The maximum absolute atomic E-state index is 12.6. The Morgan fingerprint density at radius 1 is 1.32 bits per heavy atom. The number of carbonyl (C=O) groups excluding carboxylic acids is 1. The molecule has 1 aliphatic carbocycles. The maximum Gasteiger partial charge on any atom is 0.411 e. The average Bonchev–Trinajstić information content (AvgIpc) is 2.36. The highest BCUT2D eigenvalue weighted by Crippen LogP contribution is 2.37. The van der Waals surface area contributed by atoms with Crippen molar-refractivity contribution in [2.45, 2.75) is 83.6 Å². The number of ether oxygens (including phenoxy) is 2. The highest BCUT2D eigenvalue weighted by atomic mass is 16.6. The first-order valence-corrected chi connectivity index (χ1v) is 7.82. The van der Waals surface area contributed by atoms with Crippen LogP contribution in [0.1, 0.15) is 60.3 Å². The third-order valence-corrected chi connectivity index (χ3v) is 3.98. The molecule has 1 aliphatic rings. The summed E-state index contributed by atoms with van der Waals surface area (Å²) in [5, 5.41) is 9.86. The molecule has 0 aliphatic heterocycles. The number of carboxylic acid groups (broad SMARTS) is 1. The minimum Gasteiger partial charge on any atom is -0.479 e.